The maximum absolute atomic E-state index is 12.5. The highest BCUT2D eigenvalue weighted by atomic mass is 31.2. The fourth-order valence-electron chi connectivity index (χ4n) is 5.26. The number of aliphatic carboxylic acids is 1. The molecule has 0 aromatic heterocycles. The lowest BCUT2D eigenvalue weighted by atomic mass is 10.0. The van der Waals surface area contributed by atoms with Crippen LogP contribution in [0.3, 0.4) is 0 Å². The molecule has 0 radical (unpaired) electrons. The summed E-state index contributed by atoms with van der Waals surface area (Å²) in [6.07, 6.45) is 41.9. The molecular weight excluding hydrogens is 681 g/mol. The van der Waals surface area contributed by atoms with Gasteiger partial charge in [-0.05, 0) is 38.5 Å². The normalized spacial score (nSPS) is 14.5. The van der Waals surface area contributed by atoms with E-state index in [0.717, 1.165) is 44.9 Å². The number of carbonyl (C=O) groups excluding carboxylic acids is 1. The van der Waals surface area contributed by atoms with Crippen LogP contribution in [0, 0.1) is 0 Å². The molecule has 3 atom stereocenters. The van der Waals surface area contributed by atoms with Crippen molar-refractivity contribution < 1.29 is 42.7 Å². The van der Waals surface area contributed by atoms with E-state index in [1.165, 1.54) is 89.9 Å². The SMILES string of the molecule is CC/C=C\C/C=C\C/C=C\C/C=C\CCC(=O)OC(COCCCCCCCCCCCCCCCCCCC)COP(=O)(O)OCC(N)C(=O)O. The van der Waals surface area contributed by atoms with E-state index in [2.05, 4.69) is 54.8 Å². The molecule has 0 aromatic carbocycles. The molecule has 302 valence electrons. The molecule has 10 nitrogen and oxygen atoms in total. The summed E-state index contributed by atoms with van der Waals surface area (Å²) in [6.45, 7) is 3.67. The zero-order chi connectivity index (χ0) is 38.4. The minimum Gasteiger partial charge on any atom is -0.480 e. The predicted molar refractivity (Wildman–Crippen MR) is 212 cm³/mol. The molecule has 0 saturated heterocycles. The average molecular weight is 756 g/mol. The van der Waals surface area contributed by atoms with Gasteiger partial charge in [-0.25, -0.2) is 4.57 Å². The molecule has 11 heteroatoms. The van der Waals surface area contributed by atoms with Crippen LogP contribution < -0.4 is 5.73 Å². The summed E-state index contributed by atoms with van der Waals surface area (Å²) in [7, 11) is -4.63. The third-order valence-corrected chi connectivity index (χ3v) is 9.34. The fraction of sp³-hybridized carbons (Fsp3) is 0.756. The van der Waals surface area contributed by atoms with E-state index in [9.17, 15) is 19.0 Å². The summed E-state index contributed by atoms with van der Waals surface area (Å²) >= 11 is 0. The Balaban J connectivity index is 4.33. The van der Waals surface area contributed by atoms with Crippen molar-refractivity contribution in [3.05, 3.63) is 48.6 Å². The highest BCUT2D eigenvalue weighted by molar-refractivity contribution is 7.47. The largest absolute Gasteiger partial charge is 0.480 e. The summed E-state index contributed by atoms with van der Waals surface area (Å²) in [5.41, 5.74) is 5.34. The molecule has 0 amide bonds. The lowest BCUT2D eigenvalue weighted by Crippen LogP contribution is -2.34. The Hall–Kier alpha value is -2.07. The standard InChI is InChI=1S/C41H74NO9P/c1-3-5-7-9-11-13-15-17-18-19-20-22-24-26-28-30-32-34-48-35-38(36-49-52(46,47)50-37-39(42)41(44)45)51-40(43)33-31-29-27-25-23-21-16-14-12-10-8-6-4-2/h6,8,12,14,21,23,27,29,38-39H,3-5,7,9-11,13,15-20,22,24-26,28,30-37,42H2,1-2H3,(H,44,45)(H,46,47)/b8-6-,14-12-,23-21-,29-27-. The third-order valence-electron chi connectivity index (χ3n) is 8.39. The van der Waals surface area contributed by atoms with Gasteiger partial charge in [0.2, 0.25) is 0 Å². The van der Waals surface area contributed by atoms with E-state index in [1.807, 2.05) is 12.2 Å². The summed E-state index contributed by atoms with van der Waals surface area (Å²) in [5, 5.41) is 8.87. The Morgan fingerprint density at radius 1 is 0.635 bits per heavy atom. The van der Waals surface area contributed by atoms with Gasteiger partial charge in [0.25, 0.3) is 0 Å². The number of esters is 1. The Morgan fingerprint density at radius 2 is 1.08 bits per heavy atom. The zero-order valence-corrected chi connectivity index (χ0v) is 33.5. The van der Waals surface area contributed by atoms with Gasteiger partial charge in [-0.3, -0.25) is 18.6 Å². The Kier molecular flexibility index (Phi) is 35.8. The number of allylic oxidation sites excluding steroid dienone is 8. The van der Waals surface area contributed by atoms with E-state index >= 15 is 0 Å². The molecule has 0 aliphatic carbocycles. The first-order valence-corrected chi connectivity index (χ1v) is 21.7. The van der Waals surface area contributed by atoms with Gasteiger partial charge in [-0.1, -0.05) is 165 Å². The molecule has 0 saturated carbocycles. The molecule has 0 bridgehead atoms. The van der Waals surface area contributed by atoms with E-state index < -0.39 is 45.1 Å². The average Bonchev–Trinajstić information content (AvgIpc) is 3.12. The second-order valence-electron chi connectivity index (χ2n) is 13.4. The Labute approximate surface area is 316 Å². The first-order chi connectivity index (χ1) is 25.2. The maximum atomic E-state index is 12.5. The smallest absolute Gasteiger partial charge is 0.472 e. The minimum atomic E-state index is -4.63. The van der Waals surface area contributed by atoms with Crippen LogP contribution >= 0.6 is 7.82 Å². The van der Waals surface area contributed by atoms with Gasteiger partial charge >= 0.3 is 19.8 Å². The van der Waals surface area contributed by atoms with Gasteiger partial charge in [0, 0.05) is 13.0 Å². The number of carbonyl (C=O) groups is 2. The van der Waals surface area contributed by atoms with Gasteiger partial charge in [0.1, 0.15) is 12.1 Å². The van der Waals surface area contributed by atoms with Gasteiger partial charge in [-0.2, -0.15) is 0 Å². The quantitative estimate of drug-likeness (QED) is 0.0240. The second-order valence-corrected chi connectivity index (χ2v) is 14.8. The van der Waals surface area contributed by atoms with Crippen LogP contribution in [-0.2, 0) is 32.7 Å². The molecule has 3 unspecified atom stereocenters. The Bertz CT molecular complexity index is 1010. The number of phosphoric ester groups is 1. The molecule has 0 heterocycles. The van der Waals surface area contributed by atoms with Crippen LogP contribution in [0.5, 0.6) is 0 Å². The number of phosphoric acid groups is 1. The zero-order valence-electron chi connectivity index (χ0n) is 32.6. The molecule has 0 aliphatic rings. The molecule has 0 aromatic rings. The van der Waals surface area contributed by atoms with Crippen molar-refractivity contribution in [2.24, 2.45) is 5.73 Å². The fourth-order valence-corrected chi connectivity index (χ4v) is 6.04. The summed E-state index contributed by atoms with van der Waals surface area (Å²) < 4.78 is 33.2. The van der Waals surface area contributed by atoms with Crippen LogP contribution in [0.4, 0.5) is 0 Å². The van der Waals surface area contributed by atoms with Gasteiger partial charge < -0.3 is 25.2 Å². The number of hydrogen-bond acceptors (Lipinski definition) is 8. The molecule has 52 heavy (non-hydrogen) atoms. The minimum absolute atomic E-state index is 0.0107. The van der Waals surface area contributed by atoms with Crippen LogP contribution in [0.1, 0.15) is 162 Å². The van der Waals surface area contributed by atoms with Gasteiger partial charge in [0.05, 0.1) is 19.8 Å². The maximum Gasteiger partial charge on any atom is 0.472 e. The second kappa shape index (κ2) is 37.3. The topological polar surface area (TPSA) is 155 Å². The number of nitrogens with two attached hydrogens (primary N) is 1. The van der Waals surface area contributed by atoms with Crippen molar-refractivity contribution in [1.29, 1.82) is 0 Å². The van der Waals surface area contributed by atoms with Crippen molar-refractivity contribution in [3.8, 4) is 0 Å². The van der Waals surface area contributed by atoms with Crippen LogP contribution in [-0.4, -0.2) is 60.5 Å². The number of hydrogen-bond donors (Lipinski definition) is 3. The van der Waals surface area contributed by atoms with Gasteiger partial charge in [-0.15, -0.1) is 0 Å². The first kappa shape index (κ1) is 49.9. The van der Waals surface area contributed by atoms with E-state index in [0.29, 0.717) is 13.0 Å². The molecule has 0 aliphatic heterocycles. The van der Waals surface area contributed by atoms with E-state index in [-0.39, 0.29) is 13.0 Å². The lowest BCUT2D eigenvalue weighted by molar-refractivity contribution is -0.154. The number of ether oxygens (including phenoxy) is 2. The van der Waals surface area contributed by atoms with Crippen molar-refractivity contribution >= 4 is 19.8 Å². The number of rotatable bonds is 38. The summed E-state index contributed by atoms with van der Waals surface area (Å²) in [6, 6.07) is -1.48. The molecular formula is C41H74NO9P. The molecule has 0 rings (SSSR count). The lowest BCUT2D eigenvalue weighted by Gasteiger charge is -2.20. The van der Waals surface area contributed by atoms with Crippen LogP contribution in [0.2, 0.25) is 0 Å². The van der Waals surface area contributed by atoms with Gasteiger partial charge in [0.15, 0.2) is 0 Å². The summed E-state index contributed by atoms with van der Waals surface area (Å²) in [5.74, 6) is -1.86. The predicted octanol–water partition coefficient (Wildman–Crippen LogP) is 10.7. The number of carboxylic acids is 1. The van der Waals surface area contributed by atoms with Crippen molar-refractivity contribution in [1.82, 2.24) is 0 Å². The monoisotopic (exact) mass is 756 g/mol. The number of unbranched alkanes of at least 4 members (excludes halogenated alkanes) is 16. The van der Waals surface area contributed by atoms with E-state index in [1.54, 1.807) is 0 Å². The third kappa shape index (κ3) is 36.3. The molecule has 0 fully saturated rings. The van der Waals surface area contributed by atoms with Crippen molar-refractivity contribution in [2.75, 3.05) is 26.4 Å². The van der Waals surface area contributed by atoms with Crippen molar-refractivity contribution in [3.63, 3.8) is 0 Å². The Morgan fingerprint density at radius 3 is 1.56 bits per heavy atom. The summed E-state index contributed by atoms with van der Waals surface area (Å²) in [4.78, 5) is 33.4. The highest BCUT2D eigenvalue weighted by Gasteiger charge is 2.27. The molecule has 0 spiro atoms. The van der Waals surface area contributed by atoms with Crippen molar-refractivity contribution in [2.45, 2.75) is 174 Å². The molecule has 4 N–H and O–H groups in total. The van der Waals surface area contributed by atoms with Crippen LogP contribution in [0.25, 0.3) is 0 Å². The highest BCUT2D eigenvalue weighted by Crippen LogP contribution is 2.43. The first-order valence-electron chi connectivity index (χ1n) is 20.2. The van der Waals surface area contributed by atoms with E-state index in [4.69, 9.17) is 24.8 Å². The van der Waals surface area contributed by atoms with Crippen LogP contribution in [0.15, 0.2) is 48.6 Å². The number of carboxylic acid groups (broad SMARTS) is 1.